The molecule has 0 unspecified atom stereocenters. The Bertz CT molecular complexity index is 1620. The third-order valence-corrected chi connectivity index (χ3v) is 21.0. The molecule has 0 atom stereocenters. The van der Waals surface area contributed by atoms with Crippen LogP contribution in [0.25, 0.3) is 0 Å². The van der Waals surface area contributed by atoms with Gasteiger partial charge in [-0.25, -0.2) is 4.79 Å². The molecule has 0 bridgehead atoms. The fourth-order valence-corrected chi connectivity index (χ4v) is 14.2. The summed E-state index contributed by atoms with van der Waals surface area (Å²) in [6.45, 7) is 21.0. The molecule has 2 amide bonds. The fourth-order valence-electron chi connectivity index (χ4n) is 14.2. The van der Waals surface area contributed by atoms with E-state index in [1.807, 2.05) is 0 Å². The number of esters is 4. The van der Waals surface area contributed by atoms with Gasteiger partial charge in [0.1, 0.15) is 12.2 Å². The molecule has 0 fully saturated rings. The molecule has 0 saturated heterocycles. The standard InChI is InChI=1S/C89H174N4O9/c1-7-13-19-25-31-33-35-47-63-81-99-85(94)69-57-49-61-77-92(75-59-45-37-43-55-71-87(96)101-83(65-51-39-27-21-15-9-3)66-52-40-28-22-16-10-4)79-73-90-89(98)91-74-80-93(78-62-50-58-70-86(95)100-82-64-48-36-34-32-26-20-14-8-2)76-60-46-38-44-56-72-88(97)102-84(67-53-41-29-23-17-11-5)68-54-42-30-24-18-12-6/h83-84H,7-82H2,1-6H3,(H2,90,91,98). The van der Waals surface area contributed by atoms with Crippen molar-refractivity contribution >= 4 is 29.9 Å². The molecule has 0 spiro atoms. The van der Waals surface area contributed by atoms with E-state index in [1.165, 1.54) is 218 Å². The summed E-state index contributed by atoms with van der Waals surface area (Å²) >= 11 is 0. The monoisotopic (exact) mass is 1440 g/mol. The second kappa shape index (κ2) is 82.1. The van der Waals surface area contributed by atoms with E-state index >= 15 is 0 Å². The molecule has 13 heteroatoms. The Balaban J connectivity index is 5.45. The van der Waals surface area contributed by atoms with Crippen molar-refractivity contribution in [2.24, 2.45) is 0 Å². The molecule has 604 valence electrons. The molecule has 0 aliphatic heterocycles. The first-order valence-electron chi connectivity index (χ1n) is 45.3. The number of amides is 2. The number of carbonyl (C=O) groups excluding carboxylic acids is 5. The van der Waals surface area contributed by atoms with E-state index in [9.17, 15) is 24.0 Å². The molecule has 0 radical (unpaired) electrons. The lowest BCUT2D eigenvalue weighted by atomic mass is 10.0. The average molecular weight is 1440 g/mol. The number of rotatable bonds is 84. The largest absolute Gasteiger partial charge is 0.466 e. The van der Waals surface area contributed by atoms with Gasteiger partial charge in [-0.2, -0.15) is 0 Å². The van der Waals surface area contributed by atoms with Gasteiger partial charge >= 0.3 is 29.9 Å². The topological polar surface area (TPSA) is 153 Å². The number of unbranched alkanes of at least 4 members (excludes halogenated alkanes) is 48. The third kappa shape index (κ3) is 75.3. The molecule has 0 aliphatic carbocycles. The van der Waals surface area contributed by atoms with Gasteiger partial charge in [0.25, 0.3) is 0 Å². The Morgan fingerprint density at radius 3 is 0.706 bits per heavy atom. The van der Waals surface area contributed by atoms with E-state index in [-0.39, 0.29) is 42.1 Å². The van der Waals surface area contributed by atoms with Gasteiger partial charge in [0.15, 0.2) is 0 Å². The Hall–Kier alpha value is -2.93. The second-order valence-electron chi connectivity index (χ2n) is 31.1. The van der Waals surface area contributed by atoms with E-state index in [2.05, 4.69) is 62.0 Å². The van der Waals surface area contributed by atoms with Crippen LogP contribution >= 0.6 is 0 Å². The van der Waals surface area contributed by atoms with Crippen LogP contribution < -0.4 is 10.6 Å². The number of urea groups is 1. The van der Waals surface area contributed by atoms with E-state index in [0.717, 1.165) is 219 Å². The summed E-state index contributed by atoms with van der Waals surface area (Å²) in [5.74, 6) is -0.175. The van der Waals surface area contributed by atoms with Crippen molar-refractivity contribution in [1.29, 1.82) is 0 Å². The summed E-state index contributed by atoms with van der Waals surface area (Å²) in [6, 6.07) is -0.138. The highest BCUT2D eigenvalue weighted by atomic mass is 16.6. The molecule has 0 aliphatic rings. The molecule has 0 aromatic heterocycles. The van der Waals surface area contributed by atoms with Gasteiger partial charge in [-0.05, 0) is 142 Å². The van der Waals surface area contributed by atoms with E-state index in [4.69, 9.17) is 18.9 Å². The van der Waals surface area contributed by atoms with Crippen LogP contribution in [0.15, 0.2) is 0 Å². The Labute approximate surface area is 633 Å². The molecule has 0 aromatic carbocycles. The third-order valence-electron chi connectivity index (χ3n) is 21.0. The van der Waals surface area contributed by atoms with E-state index < -0.39 is 0 Å². The Morgan fingerprint density at radius 1 is 0.235 bits per heavy atom. The number of ether oxygens (including phenoxy) is 4. The maximum absolute atomic E-state index is 13.4. The molecule has 0 heterocycles. The average Bonchev–Trinajstić information content (AvgIpc) is 1.42. The van der Waals surface area contributed by atoms with E-state index in [0.29, 0.717) is 52.0 Å². The lowest BCUT2D eigenvalue weighted by Crippen LogP contribution is -2.43. The first kappa shape index (κ1) is 99.1. The fraction of sp³-hybridized carbons (Fsp3) is 0.944. The van der Waals surface area contributed by atoms with Gasteiger partial charge < -0.3 is 39.4 Å². The van der Waals surface area contributed by atoms with Crippen LogP contribution in [0.5, 0.6) is 0 Å². The molecular weight excluding hydrogens is 1270 g/mol. The summed E-state index contributed by atoms with van der Waals surface area (Å²) in [5.41, 5.74) is 0. The summed E-state index contributed by atoms with van der Waals surface area (Å²) in [4.78, 5) is 69.8. The van der Waals surface area contributed by atoms with Gasteiger partial charge in [-0.3, -0.25) is 19.2 Å². The van der Waals surface area contributed by atoms with Crippen LogP contribution in [0.3, 0.4) is 0 Å². The number of carbonyl (C=O) groups is 5. The van der Waals surface area contributed by atoms with Crippen LogP contribution in [0, 0.1) is 0 Å². The van der Waals surface area contributed by atoms with Crippen molar-refractivity contribution in [3.8, 4) is 0 Å². The smallest absolute Gasteiger partial charge is 0.314 e. The zero-order chi connectivity index (χ0) is 74.2. The minimum atomic E-state index is -0.138. The predicted molar refractivity (Wildman–Crippen MR) is 435 cm³/mol. The van der Waals surface area contributed by atoms with E-state index in [1.54, 1.807) is 0 Å². The molecule has 13 nitrogen and oxygen atoms in total. The van der Waals surface area contributed by atoms with Crippen LogP contribution in [0.4, 0.5) is 4.79 Å². The molecule has 102 heavy (non-hydrogen) atoms. The Kier molecular flexibility index (Phi) is 79.8. The van der Waals surface area contributed by atoms with Crippen LogP contribution in [0.1, 0.15) is 465 Å². The Morgan fingerprint density at radius 2 is 0.441 bits per heavy atom. The lowest BCUT2D eigenvalue weighted by molar-refractivity contribution is -0.151. The number of hydrogen-bond acceptors (Lipinski definition) is 11. The maximum atomic E-state index is 13.4. The van der Waals surface area contributed by atoms with Crippen LogP contribution in [0.2, 0.25) is 0 Å². The van der Waals surface area contributed by atoms with Gasteiger partial charge in [-0.1, -0.05) is 324 Å². The first-order chi connectivity index (χ1) is 50.1. The molecule has 0 rings (SSSR count). The van der Waals surface area contributed by atoms with Crippen molar-refractivity contribution in [2.45, 2.75) is 478 Å². The highest BCUT2D eigenvalue weighted by molar-refractivity contribution is 5.73. The van der Waals surface area contributed by atoms with Gasteiger partial charge in [0, 0.05) is 51.9 Å². The minimum absolute atomic E-state index is 0.0135. The van der Waals surface area contributed by atoms with Gasteiger partial charge in [0.2, 0.25) is 0 Å². The SMILES string of the molecule is CCCCCCCCCCCOC(=O)CCCCCN(CCCCCCCC(=O)OC(CCCCCCCC)CCCCCCCC)CCNC(=O)NCCN(CCCCCCCC(=O)OC(CCCCCCCC)CCCCCCCC)CCCCCC(=O)OCCCCCCCCCCC. The number of nitrogens with zero attached hydrogens (tertiary/aromatic N) is 2. The van der Waals surface area contributed by atoms with Crippen molar-refractivity contribution in [1.82, 2.24) is 20.4 Å². The zero-order valence-corrected chi connectivity index (χ0v) is 69.0. The lowest BCUT2D eigenvalue weighted by Gasteiger charge is -2.24. The highest BCUT2D eigenvalue weighted by Crippen LogP contribution is 2.22. The van der Waals surface area contributed by atoms with Crippen molar-refractivity contribution < 1.29 is 42.9 Å². The maximum Gasteiger partial charge on any atom is 0.314 e. The zero-order valence-electron chi connectivity index (χ0n) is 69.0. The normalized spacial score (nSPS) is 11.6. The van der Waals surface area contributed by atoms with Crippen LogP contribution in [-0.2, 0) is 38.1 Å². The summed E-state index contributed by atoms with van der Waals surface area (Å²) in [5, 5.41) is 6.34. The quantitative estimate of drug-likeness (QED) is 0.0340. The van der Waals surface area contributed by atoms with Crippen LogP contribution in [-0.4, -0.2) is 117 Å². The van der Waals surface area contributed by atoms with Gasteiger partial charge in [0.05, 0.1) is 13.2 Å². The molecular formula is C89H174N4O9. The molecule has 0 saturated carbocycles. The number of nitrogens with one attached hydrogen (secondary N) is 2. The first-order valence-corrected chi connectivity index (χ1v) is 45.3. The summed E-state index contributed by atoms with van der Waals surface area (Å²) in [7, 11) is 0. The number of hydrogen-bond donors (Lipinski definition) is 2. The highest BCUT2D eigenvalue weighted by Gasteiger charge is 2.18. The molecule has 2 N–H and O–H groups in total. The summed E-state index contributed by atoms with van der Waals surface area (Å²) in [6.07, 6.45) is 74.6. The second-order valence-corrected chi connectivity index (χ2v) is 31.1. The summed E-state index contributed by atoms with van der Waals surface area (Å²) < 4.78 is 23.5. The van der Waals surface area contributed by atoms with Gasteiger partial charge in [-0.15, -0.1) is 0 Å². The van der Waals surface area contributed by atoms with Crippen molar-refractivity contribution in [3.63, 3.8) is 0 Å². The minimum Gasteiger partial charge on any atom is -0.466 e. The predicted octanol–water partition coefficient (Wildman–Crippen LogP) is 25.7. The molecule has 0 aromatic rings. The van der Waals surface area contributed by atoms with Crippen molar-refractivity contribution in [3.05, 3.63) is 0 Å². The van der Waals surface area contributed by atoms with Crippen molar-refractivity contribution in [2.75, 3.05) is 65.6 Å².